The summed E-state index contributed by atoms with van der Waals surface area (Å²) in [5, 5.41) is 6.16. The van der Waals surface area contributed by atoms with E-state index >= 15 is 0 Å². The van der Waals surface area contributed by atoms with E-state index in [-0.39, 0.29) is 5.91 Å². The van der Waals surface area contributed by atoms with E-state index in [1.165, 1.54) is 0 Å². The number of amides is 1. The van der Waals surface area contributed by atoms with E-state index in [4.69, 9.17) is 0 Å². The molecule has 94 valence electrons. The van der Waals surface area contributed by atoms with Gasteiger partial charge in [0.05, 0.1) is 5.56 Å². The monoisotopic (exact) mass is 234 g/mol. The van der Waals surface area contributed by atoms with Crippen molar-refractivity contribution in [2.75, 3.05) is 18.4 Å². The molecule has 0 heterocycles. The van der Waals surface area contributed by atoms with Gasteiger partial charge in [0.25, 0.3) is 5.91 Å². The molecule has 0 aliphatic heterocycles. The molecule has 1 aromatic rings. The molecule has 0 unspecified atom stereocenters. The van der Waals surface area contributed by atoms with Crippen molar-refractivity contribution in [1.82, 2.24) is 5.32 Å². The second kappa shape index (κ2) is 6.28. The van der Waals surface area contributed by atoms with Crippen LogP contribution in [0, 0.1) is 12.8 Å². The Balaban J connectivity index is 2.86. The number of hydrogen-bond donors (Lipinski definition) is 2. The number of anilines is 1. The van der Waals surface area contributed by atoms with Crippen molar-refractivity contribution in [3.05, 3.63) is 29.3 Å². The maximum Gasteiger partial charge on any atom is 0.253 e. The maximum atomic E-state index is 12.0. The number of carbonyl (C=O) groups excluding carboxylic acids is 1. The lowest BCUT2D eigenvalue weighted by atomic mass is 10.1. The molecule has 3 heteroatoms. The molecule has 2 N–H and O–H groups in total. The Morgan fingerprint density at radius 2 is 2.06 bits per heavy atom. The maximum absolute atomic E-state index is 12.0. The summed E-state index contributed by atoms with van der Waals surface area (Å²) in [6, 6.07) is 5.90. The van der Waals surface area contributed by atoms with Crippen molar-refractivity contribution in [2.24, 2.45) is 5.92 Å². The highest BCUT2D eigenvalue weighted by Crippen LogP contribution is 2.17. The molecule has 0 radical (unpaired) electrons. The quantitative estimate of drug-likeness (QED) is 0.822. The fourth-order valence-corrected chi connectivity index (χ4v) is 1.58. The summed E-state index contributed by atoms with van der Waals surface area (Å²) in [7, 11) is 0. The van der Waals surface area contributed by atoms with E-state index in [9.17, 15) is 4.79 Å². The fourth-order valence-electron chi connectivity index (χ4n) is 1.58. The minimum Gasteiger partial charge on any atom is -0.385 e. The number of hydrogen-bond acceptors (Lipinski definition) is 2. The van der Waals surface area contributed by atoms with Crippen molar-refractivity contribution >= 4 is 11.6 Å². The van der Waals surface area contributed by atoms with Gasteiger partial charge in [0.1, 0.15) is 0 Å². The second-order valence-electron chi connectivity index (χ2n) is 4.68. The van der Waals surface area contributed by atoms with Crippen LogP contribution >= 0.6 is 0 Å². The van der Waals surface area contributed by atoms with Crippen LogP contribution in [0.1, 0.15) is 36.7 Å². The molecule has 0 saturated carbocycles. The largest absolute Gasteiger partial charge is 0.385 e. The first-order valence-electron chi connectivity index (χ1n) is 6.17. The molecule has 0 saturated heterocycles. The molecule has 0 bridgehead atoms. The van der Waals surface area contributed by atoms with Gasteiger partial charge in [-0.1, -0.05) is 25.5 Å². The lowest BCUT2D eigenvalue weighted by molar-refractivity contribution is 0.0949. The Morgan fingerprint density at radius 1 is 1.35 bits per heavy atom. The van der Waals surface area contributed by atoms with Crippen molar-refractivity contribution in [3.63, 3.8) is 0 Å². The highest BCUT2D eigenvalue weighted by molar-refractivity contribution is 5.99. The lowest BCUT2D eigenvalue weighted by Gasteiger charge is -2.13. The van der Waals surface area contributed by atoms with Crippen molar-refractivity contribution in [3.8, 4) is 0 Å². The molecule has 0 aliphatic carbocycles. The molecule has 1 amide bonds. The van der Waals surface area contributed by atoms with Gasteiger partial charge >= 0.3 is 0 Å². The molecule has 1 rings (SSSR count). The van der Waals surface area contributed by atoms with Crippen LogP contribution in [-0.4, -0.2) is 19.0 Å². The Bertz CT molecular complexity index is 386. The van der Waals surface area contributed by atoms with Gasteiger partial charge in [-0.25, -0.2) is 0 Å². The van der Waals surface area contributed by atoms with Crippen LogP contribution in [0.5, 0.6) is 0 Å². The summed E-state index contributed by atoms with van der Waals surface area (Å²) in [5.41, 5.74) is 2.73. The van der Waals surface area contributed by atoms with Gasteiger partial charge in [0.15, 0.2) is 0 Å². The molecule has 0 spiro atoms. The minimum absolute atomic E-state index is 0.00153. The highest BCUT2D eigenvalue weighted by atomic mass is 16.1. The Morgan fingerprint density at radius 3 is 2.65 bits per heavy atom. The second-order valence-corrected chi connectivity index (χ2v) is 4.68. The average molecular weight is 234 g/mol. The van der Waals surface area contributed by atoms with Crippen LogP contribution in [0.25, 0.3) is 0 Å². The van der Waals surface area contributed by atoms with Gasteiger partial charge in [0.2, 0.25) is 0 Å². The van der Waals surface area contributed by atoms with Gasteiger partial charge in [-0.05, 0) is 31.9 Å². The lowest BCUT2D eigenvalue weighted by Crippen LogP contribution is -2.28. The van der Waals surface area contributed by atoms with Crippen molar-refractivity contribution in [2.45, 2.75) is 27.7 Å². The molecule has 3 nitrogen and oxygen atoms in total. The van der Waals surface area contributed by atoms with Gasteiger partial charge in [-0.2, -0.15) is 0 Å². The first-order valence-corrected chi connectivity index (χ1v) is 6.17. The fraction of sp³-hybridized carbons (Fsp3) is 0.500. The first-order chi connectivity index (χ1) is 8.04. The zero-order valence-corrected chi connectivity index (χ0v) is 11.1. The molecular formula is C14H22N2O. The third kappa shape index (κ3) is 4.10. The van der Waals surface area contributed by atoms with Crippen LogP contribution in [0.2, 0.25) is 0 Å². The van der Waals surface area contributed by atoms with Crippen LogP contribution in [0.15, 0.2) is 18.2 Å². The van der Waals surface area contributed by atoms with E-state index in [2.05, 4.69) is 24.5 Å². The van der Waals surface area contributed by atoms with Crippen LogP contribution < -0.4 is 10.6 Å². The zero-order chi connectivity index (χ0) is 12.8. The van der Waals surface area contributed by atoms with Crippen LogP contribution in [0.4, 0.5) is 5.69 Å². The van der Waals surface area contributed by atoms with Gasteiger partial charge in [0, 0.05) is 18.8 Å². The third-order valence-electron chi connectivity index (χ3n) is 2.46. The van der Waals surface area contributed by atoms with E-state index in [0.717, 1.165) is 23.4 Å². The molecule has 0 aromatic heterocycles. The summed E-state index contributed by atoms with van der Waals surface area (Å²) < 4.78 is 0. The Hall–Kier alpha value is -1.51. The van der Waals surface area contributed by atoms with E-state index in [1.54, 1.807) is 0 Å². The van der Waals surface area contributed by atoms with E-state index in [0.29, 0.717) is 12.5 Å². The van der Waals surface area contributed by atoms with Gasteiger partial charge < -0.3 is 10.6 Å². The topological polar surface area (TPSA) is 41.1 Å². The molecular weight excluding hydrogens is 212 g/mol. The first kappa shape index (κ1) is 13.6. The van der Waals surface area contributed by atoms with Gasteiger partial charge in [-0.15, -0.1) is 0 Å². The smallest absolute Gasteiger partial charge is 0.253 e. The van der Waals surface area contributed by atoms with Crippen molar-refractivity contribution < 1.29 is 4.79 Å². The SMILES string of the molecule is CCNc1ccc(C)cc1C(=O)NCC(C)C. The predicted octanol–water partition coefficient (Wildman–Crippen LogP) is 2.81. The number of nitrogens with one attached hydrogen (secondary N) is 2. The highest BCUT2D eigenvalue weighted by Gasteiger charge is 2.11. The third-order valence-corrected chi connectivity index (χ3v) is 2.46. The van der Waals surface area contributed by atoms with Gasteiger partial charge in [-0.3, -0.25) is 4.79 Å². The average Bonchev–Trinajstić information content (AvgIpc) is 2.28. The Kier molecular flexibility index (Phi) is 5.01. The van der Waals surface area contributed by atoms with E-state index in [1.807, 2.05) is 32.0 Å². The summed E-state index contributed by atoms with van der Waals surface area (Å²) >= 11 is 0. The number of benzene rings is 1. The molecule has 0 atom stereocenters. The number of rotatable bonds is 5. The number of aryl methyl sites for hydroxylation is 1. The number of carbonyl (C=O) groups is 1. The predicted molar refractivity (Wildman–Crippen MR) is 72.5 cm³/mol. The van der Waals surface area contributed by atoms with Crippen LogP contribution in [-0.2, 0) is 0 Å². The molecule has 1 aromatic carbocycles. The molecule has 0 aliphatic rings. The van der Waals surface area contributed by atoms with Crippen LogP contribution in [0.3, 0.4) is 0 Å². The summed E-state index contributed by atoms with van der Waals surface area (Å²) in [5.74, 6) is 0.463. The van der Waals surface area contributed by atoms with Crippen molar-refractivity contribution in [1.29, 1.82) is 0 Å². The molecule has 17 heavy (non-hydrogen) atoms. The van der Waals surface area contributed by atoms with E-state index < -0.39 is 0 Å². The normalized spacial score (nSPS) is 10.4. The molecule has 0 fully saturated rings. The summed E-state index contributed by atoms with van der Waals surface area (Å²) in [6.07, 6.45) is 0. The zero-order valence-electron chi connectivity index (χ0n) is 11.1. The summed E-state index contributed by atoms with van der Waals surface area (Å²) in [4.78, 5) is 12.0. The summed E-state index contributed by atoms with van der Waals surface area (Å²) in [6.45, 7) is 9.71. The Labute approximate surface area is 104 Å². The standard InChI is InChI=1S/C14H22N2O/c1-5-15-13-7-6-11(4)8-12(13)14(17)16-9-10(2)3/h6-8,10,15H,5,9H2,1-4H3,(H,16,17). The minimum atomic E-state index is -0.00153.